The summed E-state index contributed by atoms with van der Waals surface area (Å²) >= 11 is 5.83. The summed E-state index contributed by atoms with van der Waals surface area (Å²) in [6.07, 6.45) is 1.58. The van der Waals surface area contributed by atoms with E-state index >= 15 is 0 Å². The minimum absolute atomic E-state index is 0.0308. The van der Waals surface area contributed by atoms with Crippen LogP contribution in [0.2, 0.25) is 5.02 Å². The highest BCUT2D eigenvalue weighted by Gasteiger charge is 2.14. The van der Waals surface area contributed by atoms with Gasteiger partial charge >= 0.3 is 0 Å². The monoisotopic (exact) mass is 273 g/mol. The third kappa shape index (κ3) is 4.33. The van der Waals surface area contributed by atoms with Crippen molar-refractivity contribution in [3.8, 4) is 0 Å². The zero-order chi connectivity index (χ0) is 13.5. The highest BCUT2D eigenvalue weighted by atomic mass is 35.5. The molecule has 0 aliphatic carbocycles. The fourth-order valence-electron chi connectivity index (χ4n) is 1.63. The minimum atomic E-state index is 0.0308. The Balaban J connectivity index is 2.71. The Kier molecular flexibility index (Phi) is 6.18. The Morgan fingerprint density at radius 3 is 2.78 bits per heavy atom. The summed E-state index contributed by atoms with van der Waals surface area (Å²) in [7, 11) is 0. The smallest absolute Gasteiger partial charge is 0.152 e. The molecule has 0 amide bonds. The van der Waals surface area contributed by atoms with Crippen molar-refractivity contribution in [2.75, 3.05) is 37.0 Å². The molecule has 18 heavy (non-hydrogen) atoms. The van der Waals surface area contributed by atoms with Gasteiger partial charge in [0.15, 0.2) is 5.82 Å². The van der Waals surface area contributed by atoms with Gasteiger partial charge in [-0.2, -0.15) is 0 Å². The van der Waals surface area contributed by atoms with Crippen molar-refractivity contribution >= 4 is 23.1 Å². The van der Waals surface area contributed by atoms with Crippen molar-refractivity contribution in [2.45, 2.75) is 19.9 Å². The predicted molar refractivity (Wildman–Crippen MR) is 74.0 cm³/mol. The topological polar surface area (TPSA) is 71.6 Å². The van der Waals surface area contributed by atoms with Crippen LogP contribution >= 0.6 is 11.6 Å². The van der Waals surface area contributed by atoms with E-state index in [0.29, 0.717) is 36.3 Å². The first-order valence-electron chi connectivity index (χ1n) is 5.92. The average Bonchev–Trinajstić information content (AvgIpc) is 2.30. The van der Waals surface area contributed by atoms with Crippen molar-refractivity contribution in [2.24, 2.45) is 0 Å². The van der Waals surface area contributed by atoms with Gasteiger partial charge in [-0.3, -0.25) is 0 Å². The van der Waals surface area contributed by atoms with Gasteiger partial charge in [-0.25, -0.2) is 4.98 Å². The molecule has 0 atom stereocenters. The Bertz CT molecular complexity index is 374. The average molecular weight is 274 g/mol. The quantitative estimate of drug-likeness (QED) is 0.738. The first-order valence-corrected chi connectivity index (χ1v) is 6.30. The van der Waals surface area contributed by atoms with Crippen LogP contribution in [0, 0.1) is 0 Å². The Labute approximate surface area is 113 Å². The van der Waals surface area contributed by atoms with Gasteiger partial charge in [0, 0.05) is 18.8 Å². The molecule has 0 aromatic carbocycles. The van der Waals surface area contributed by atoms with Gasteiger partial charge in [-0.15, -0.1) is 0 Å². The number of nitrogens with zero attached hydrogens (tertiary/aromatic N) is 2. The molecule has 1 aromatic heterocycles. The van der Waals surface area contributed by atoms with E-state index in [9.17, 15) is 0 Å². The molecule has 0 radical (unpaired) electrons. The second-order valence-corrected chi connectivity index (χ2v) is 4.63. The van der Waals surface area contributed by atoms with E-state index < -0.39 is 0 Å². The number of rotatable bonds is 7. The molecular weight excluding hydrogens is 254 g/mol. The highest BCUT2D eigenvalue weighted by Crippen LogP contribution is 2.24. The molecule has 0 aliphatic rings. The largest absolute Gasteiger partial charge is 0.396 e. The molecule has 0 fully saturated rings. The zero-order valence-corrected chi connectivity index (χ0v) is 11.5. The van der Waals surface area contributed by atoms with Crippen molar-refractivity contribution in [1.29, 1.82) is 0 Å². The van der Waals surface area contributed by atoms with Gasteiger partial charge in [-0.05, 0) is 19.9 Å². The van der Waals surface area contributed by atoms with Crippen molar-refractivity contribution in [3.05, 3.63) is 17.3 Å². The second-order valence-electron chi connectivity index (χ2n) is 4.19. The molecule has 1 aromatic rings. The molecule has 6 heteroatoms. The van der Waals surface area contributed by atoms with Gasteiger partial charge in [0.25, 0.3) is 0 Å². The second kappa shape index (κ2) is 7.41. The van der Waals surface area contributed by atoms with E-state index in [1.807, 2.05) is 4.90 Å². The van der Waals surface area contributed by atoms with Crippen LogP contribution in [0.3, 0.4) is 0 Å². The van der Waals surface area contributed by atoms with Crippen LogP contribution < -0.4 is 10.6 Å². The van der Waals surface area contributed by atoms with Crippen LogP contribution in [-0.2, 0) is 4.74 Å². The number of ether oxygens (including phenoxy) is 1. The summed E-state index contributed by atoms with van der Waals surface area (Å²) in [6.45, 7) is 5.67. The number of nitrogen functional groups attached to an aromatic ring is 1. The molecular formula is C12H20ClN3O2. The van der Waals surface area contributed by atoms with Crippen LogP contribution in [0.5, 0.6) is 0 Å². The van der Waals surface area contributed by atoms with Gasteiger partial charge in [0.1, 0.15) is 0 Å². The maximum atomic E-state index is 8.65. The summed E-state index contributed by atoms with van der Waals surface area (Å²) in [5, 5.41) is 9.17. The van der Waals surface area contributed by atoms with E-state index in [4.69, 9.17) is 27.2 Å². The lowest BCUT2D eigenvalue weighted by Gasteiger charge is -2.28. The number of halogens is 1. The lowest BCUT2D eigenvalue weighted by molar-refractivity contribution is 0.0960. The molecule has 0 saturated carbocycles. The number of pyridine rings is 1. The molecule has 0 saturated heterocycles. The van der Waals surface area contributed by atoms with E-state index in [2.05, 4.69) is 18.8 Å². The molecule has 0 spiro atoms. The third-order valence-electron chi connectivity index (χ3n) is 2.47. The summed E-state index contributed by atoms with van der Waals surface area (Å²) in [5.74, 6) is 0.710. The fraction of sp³-hybridized carbons (Fsp3) is 0.583. The SMILES string of the molecule is CC(C)N(CCOCCO)c1ncc(Cl)cc1N. The summed E-state index contributed by atoms with van der Waals surface area (Å²) in [6, 6.07) is 1.94. The molecule has 3 N–H and O–H groups in total. The molecule has 1 heterocycles. The number of aliphatic hydroxyl groups excluding tert-OH is 1. The standard InChI is InChI=1S/C12H20ClN3O2/c1-9(2)16(3-5-18-6-4-17)12-11(14)7-10(13)8-15-12/h7-9,17H,3-6,14H2,1-2H3. The molecule has 5 nitrogen and oxygen atoms in total. The number of aliphatic hydroxyl groups is 1. The summed E-state index contributed by atoms with van der Waals surface area (Å²) in [5.41, 5.74) is 6.48. The Morgan fingerprint density at radius 1 is 1.50 bits per heavy atom. The highest BCUT2D eigenvalue weighted by molar-refractivity contribution is 6.30. The lowest BCUT2D eigenvalue weighted by Crippen LogP contribution is -2.35. The van der Waals surface area contributed by atoms with Crippen LogP contribution in [0.15, 0.2) is 12.3 Å². The van der Waals surface area contributed by atoms with Gasteiger partial charge in [0.2, 0.25) is 0 Å². The van der Waals surface area contributed by atoms with Gasteiger partial charge in [0.05, 0.1) is 30.5 Å². The van der Waals surface area contributed by atoms with Crippen LogP contribution in [0.4, 0.5) is 11.5 Å². The molecule has 1 rings (SSSR count). The number of hydrogen-bond donors (Lipinski definition) is 2. The Morgan fingerprint density at radius 2 is 2.22 bits per heavy atom. The zero-order valence-electron chi connectivity index (χ0n) is 10.8. The fourth-order valence-corrected chi connectivity index (χ4v) is 1.79. The maximum Gasteiger partial charge on any atom is 0.152 e. The first kappa shape index (κ1) is 15.0. The van der Waals surface area contributed by atoms with Crippen LogP contribution in [-0.4, -0.2) is 42.5 Å². The molecule has 0 aliphatic heterocycles. The van der Waals surface area contributed by atoms with E-state index in [1.165, 1.54) is 0 Å². The summed E-state index contributed by atoms with van der Waals surface area (Å²) < 4.78 is 5.26. The van der Waals surface area contributed by atoms with Crippen LogP contribution in [0.25, 0.3) is 0 Å². The van der Waals surface area contributed by atoms with Gasteiger partial charge < -0.3 is 20.5 Å². The molecule has 102 valence electrons. The number of aromatic nitrogens is 1. The van der Waals surface area contributed by atoms with E-state index in [-0.39, 0.29) is 12.6 Å². The van der Waals surface area contributed by atoms with Crippen LogP contribution in [0.1, 0.15) is 13.8 Å². The third-order valence-corrected chi connectivity index (χ3v) is 2.68. The number of hydrogen-bond acceptors (Lipinski definition) is 5. The maximum absolute atomic E-state index is 8.65. The number of nitrogens with two attached hydrogens (primary N) is 1. The van der Waals surface area contributed by atoms with E-state index in [0.717, 1.165) is 0 Å². The van der Waals surface area contributed by atoms with Gasteiger partial charge in [-0.1, -0.05) is 11.6 Å². The Hall–Kier alpha value is -1.04. The lowest BCUT2D eigenvalue weighted by atomic mass is 10.3. The van der Waals surface area contributed by atoms with E-state index in [1.54, 1.807) is 12.3 Å². The number of anilines is 2. The van der Waals surface area contributed by atoms with Crippen molar-refractivity contribution in [3.63, 3.8) is 0 Å². The minimum Gasteiger partial charge on any atom is -0.396 e. The predicted octanol–water partition coefficient (Wildman–Crippen LogP) is 1.54. The normalized spacial score (nSPS) is 10.9. The molecule has 0 bridgehead atoms. The first-order chi connectivity index (χ1) is 8.56. The summed E-state index contributed by atoms with van der Waals surface area (Å²) in [4.78, 5) is 6.31. The van der Waals surface area contributed by atoms with Crippen molar-refractivity contribution < 1.29 is 9.84 Å². The van der Waals surface area contributed by atoms with Crippen molar-refractivity contribution in [1.82, 2.24) is 4.98 Å². The molecule has 0 unspecified atom stereocenters.